The number of halogens is 4. The Morgan fingerprint density at radius 3 is 2.52 bits per heavy atom. The first-order valence-corrected chi connectivity index (χ1v) is 8.15. The van der Waals surface area contributed by atoms with Crippen LogP contribution < -0.4 is 11.1 Å². The molecule has 0 aliphatic carbocycles. The van der Waals surface area contributed by atoms with Crippen LogP contribution in [-0.4, -0.2) is 31.8 Å². The summed E-state index contributed by atoms with van der Waals surface area (Å²) in [6.07, 6.45) is -3.81. The van der Waals surface area contributed by atoms with E-state index in [0.29, 0.717) is 0 Å². The molecule has 0 saturated carbocycles. The number of thioether (sulfide) groups is 1. The normalized spacial score (nSPS) is 13.2. The molecule has 0 saturated heterocycles. The maximum Gasteiger partial charge on any atom is 0.417 e. The monoisotopic (exact) mass is 395 g/mol. The zero-order chi connectivity index (χ0) is 18.9. The highest BCUT2D eigenvalue weighted by molar-refractivity contribution is 8.00. The molecule has 0 aromatic carbocycles. The van der Waals surface area contributed by atoms with Crippen LogP contribution in [0.2, 0.25) is 5.02 Å². The fraction of sp³-hybridized carbons (Fsp3) is 0.385. The lowest BCUT2D eigenvalue weighted by Crippen LogP contribution is -2.42. The van der Waals surface area contributed by atoms with Crippen LogP contribution in [-0.2, 0) is 11.0 Å². The van der Waals surface area contributed by atoms with Crippen molar-refractivity contribution in [1.29, 1.82) is 0 Å². The van der Waals surface area contributed by atoms with Gasteiger partial charge in [-0.1, -0.05) is 37.2 Å². The largest absolute Gasteiger partial charge is 0.417 e. The van der Waals surface area contributed by atoms with Crippen molar-refractivity contribution in [3.8, 4) is 0 Å². The molecule has 25 heavy (non-hydrogen) atoms. The number of fused-ring (bicyclic) bond motifs is 1. The van der Waals surface area contributed by atoms with Gasteiger partial charge in [-0.2, -0.15) is 13.2 Å². The predicted molar refractivity (Wildman–Crippen MR) is 85.2 cm³/mol. The zero-order valence-electron chi connectivity index (χ0n) is 13.0. The van der Waals surface area contributed by atoms with Gasteiger partial charge in [-0.05, 0) is 12.0 Å². The highest BCUT2D eigenvalue weighted by Crippen LogP contribution is 2.34. The molecule has 1 unspecified atom stereocenters. The number of carbonyl (C=O) groups is 2. The van der Waals surface area contributed by atoms with E-state index in [0.717, 1.165) is 28.4 Å². The molecule has 2 aromatic rings. The number of primary amides is 1. The number of alkyl halides is 3. The van der Waals surface area contributed by atoms with E-state index in [2.05, 4.69) is 10.2 Å². The summed E-state index contributed by atoms with van der Waals surface area (Å²) >= 11 is 6.69. The number of nitrogens with two attached hydrogens (primary N) is 1. The predicted octanol–water partition coefficient (Wildman–Crippen LogP) is 2.71. The molecule has 0 radical (unpaired) electrons. The van der Waals surface area contributed by atoms with Gasteiger partial charge < -0.3 is 5.73 Å². The van der Waals surface area contributed by atoms with E-state index in [-0.39, 0.29) is 21.7 Å². The van der Waals surface area contributed by atoms with E-state index in [1.807, 2.05) is 5.32 Å². The number of carbonyl (C=O) groups excluding carboxylic acids is 2. The fourth-order valence-corrected chi connectivity index (χ4v) is 3.22. The van der Waals surface area contributed by atoms with E-state index < -0.39 is 28.9 Å². The summed E-state index contributed by atoms with van der Waals surface area (Å²) in [6, 6.07) is -0.274. The molecule has 0 bridgehead atoms. The van der Waals surface area contributed by atoms with Gasteiger partial charge in [0.1, 0.15) is 0 Å². The van der Waals surface area contributed by atoms with Crippen LogP contribution in [0.5, 0.6) is 0 Å². The third kappa shape index (κ3) is 4.34. The number of rotatable bonds is 4. The standard InChI is InChI=1S/C13H13ClF3N5O2S/c1-5(2)8(10(23)19-11(18)24)25-12-21-20-9-7(14)3-6(4-22(9)12)13(15,16)17/h3-5,8H,1-2H3,(H3,18,19,23,24). The number of urea groups is 1. The van der Waals surface area contributed by atoms with Gasteiger partial charge >= 0.3 is 12.2 Å². The third-order valence-electron chi connectivity index (χ3n) is 3.10. The molecule has 0 aliphatic heterocycles. The number of hydrogen-bond donors (Lipinski definition) is 2. The van der Waals surface area contributed by atoms with Crippen LogP contribution in [0.3, 0.4) is 0 Å². The summed E-state index contributed by atoms with van der Waals surface area (Å²) in [4.78, 5) is 22.9. The first-order valence-electron chi connectivity index (χ1n) is 6.89. The molecule has 136 valence electrons. The Kier molecular flexibility index (Phi) is 5.47. The van der Waals surface area contributed by atoms with Crippen molar-refractivity contribution in [2.24, 2.45) is 11.7 Å². The van der Waals surface area contributed by atoms with Crippen molar-refractivity contribution in [3.05, 3.63) is 22.8 Å². The van der Waals surface area contributed by atoms with Crippen molar-refractivity contribution in [2.75, 3.05) is 0 Å². The van der Waals surface area contributed by atoms with Gasteiger partial charge in [0, 0.05) is 6.20 Å². The number of hydrogen-bond acceptors (Lipinski definition) is 5. The molecular weight excluding hydrogens is 383 g/mol. The van der Waals surface area contributed by atoms with Gasteiger partial charge in [-0.3, -0.25) is 14.5 Å². The highest BCUT2D eigenvalue weighted by atomic mass is 35.5. The Balaban J connectivity index is 2.44. The smallest absolute Gasteiger partial charge is 0.351 e. The molecule has 2 heterocycles. The summed E-state index contributed by atoms with van der Waals surface area (Å²) in [5.41, 5.74) is 3.97. The molecule has 1 atom stereocenters. The van der Waals surface area contributed by atoms with Gasteiger partial charge in [0.2, 0.25) is 5.91 Å². The minimum absolute atomic E-state index is 0.0231. The Hall–Kier alpha value is -2.01. The number of imide groups is 1. The lowest BCUT2D eigenvalue weighted by molar-refractivity contribution is -0.137. The van der Waals surface area contributed by atoms with Crippen molar-refractivity contribution in [1.82, 2.24) is 19.9 Å². The Bertz CT molecular complexity index is 824. The lowest BCUT2D eigenvalue weighted by Gasteiger charge is -2.17. The summed E-state index contributed by atoms with van der Waals surface area (Å²) in [7, 11) is 0. The molecule has 0 spiro atoms. The van der Waals surface area contributed by atoms with E-state index in [4.69, 9.17) is 17.3 Å². The van der Waals surface area contributed by atoms with Gasteiger partial charge in [0.15, 0.2) is 10.8 Å². The molecule has 3 amide bonds. The molecule has 12 heteroatoms. The van der Waals surface area contributed by atoms with Crippen molar-refractivity contribution < 1.29 is 22.8 Å². The van der Waals surface area contributed by atoms with Crippen LogP contribution in [0.4, 0.5) is 18.0 Å². The van der Waals surface area contributed by atoms with E-state index >= 15 is 0 Å². The molecule has 0 fully saturated rings. The Morgan fingerprint density at radius 1 is 1.36 bits per heavy atom. The zero-order valence-corrected chi connectivity index (χ0v) is 14.5. The molecule has 3 N–H and O–H groups in total. The van der Waals surface area contributed by atoms with Crippen LogP contribution in [0.1, 0.15) is 19.4 Å². The van der Waals surface area contributed by atoms with Crippen LogP contribution in [0.15, 0.2) is 17.4 Å². The van der Waals surface area contributed by atoms with Crippen molar-refractivity contribution in [3.63, 3.8) is 0 Å². The van der Waals surface area contributed by atoms with Crippen molar-refractivity contribution >= 4 is 40.9 Å². The van der Waals surface area contributed by atoms with E-state index in [1.165, 1.54) is 0 Å². The van der Waals surface area contributed by atoms with Gasteiger partial charge in [-0.15, -0.1) is 10.2 Å². The lowest BCUT2D eigenvalue weighted by atomic mass is 10.1. The van der Waals surface area contributed by atoms with Crippen LogP contribution >= 0.6 is 23.4 Å². The summed E-state index contributed by atoms with van der Waals surface area (Å²) < 4.78 is 39.9. The van der Waals surface area contributed by atoms with Gasteiger partial charge in [0.25, 0.3) is 0 Å². The Morgan fingerprint density at radius 2 is 2.00 bits per heavy atom. The van der Waals surface area contributed by atoms with Crippen LogP contribution in [0.25, 0.3) is 5.65 Å². The quantitative estimate of drug-likeness (QED) is 0.775. The maximum atomic E-state index is 13.0. The highest BCUT2D eigenvalue weighted by Gasteiger charge is 2.33. The average Bonchev–Trinajstić information content (AvgIpc) is 2.86. The van der Waals surface area contributed by atoms with E-state index in [9.17, 15) is 22.8 Å². The first kappa shape index (κ1) is 19.3. The second-order valence-electron chi connectivity index (χ2n) is 5.39. The number of amides is 3. The number of aromatic nitrogens is 3. The first-order chi connectivity index (χ1) is 11.5. The second kappa shape index (κ2) is 7.08. The van der Waals surface area contributed by atoms with Crippen LogP contribution in [0, 0.1) is 5.92 Å². The van der Waals surface area contributed by atoms with E-state index in [1.54, 1.807) is 13.8 Å². The molecule has 0 aliphatic rings. The summed E-state index contributed by atoms with van der Waals surface area (Å²) in [5, 5.41) is 8.46. The average molecular weight is 396 g/mol. The number of nitrogens with one attached hydrogen (secondary N) is 1. The fourth-order valence-electron chi connectivity index (χ4n) is 1.97. The second-order valence-corrected chi connectivity index (χ2v) is 6.90. The summed E-state index contributed by atoms with van der Waals surface area (Å²) in [6.45, 7) is 3.41. The van der Waals surface area contributed by atoms with Gasteiger partial charge in [-0.25, -0.2) is 4.79 Å². The molecule has 2 rings (SSSR count). The number of nitrogens with zero attached hydrogens (tertiary/aromatic N) is 3. The minimum atomic E-state index is -4.61. The topological polar surface area (TPSA) is 102 Å². The molecular formula is C13H13ClF3N5O2S. The summed E-state index contributed by atoms with van der Waals surface area (Å²) in [5.74, 6) is -0.944. The maximum absolute atomic E-state index is 13.0. The molecule has 7 nitrogen and oxygen atoms in total. The van der Waals surface area contributed by atoms with Crippen molar-refractivity contribution in [2.45, 2.75) is 30.4 Å². The SMILES string of the molecule is CC(C)C(Sc1nnc2c(Cl)cc(C(F)(F)F)cn12)C(=O)NC(N)=O. The minimum Gasteiger partial charge on any atom is -0.351 e. The number of pyridine rings is 1. The Labute approximate surface area is 149 Å². The van der Waals surface area contributed by atoms with Gasteiger partial charge in [0.05, 0.1) is 15.8 Å². The molecule has 2 aromatic heterocycles. The third-order valence-corrected chi connectivity index (χ3v) is 4.88.